The van der Waals surface area contributed by atoms with Gasteiger partial charge in [0.2, 0.25) is 0 Å². The van der Waals surface area contributed by atoms with E-state index in [1.807, 2.05) is 0 Å². The molecule has 0 aliphatic heterocycles. The van der Waals surface area contributed by atoms with Crippen LogP contribution in [0, 0.1) is 0 Å². The van der Waals surface area contributed by atoms with Crippen molar-refractivity contribution in [2.24, 2.45) is 0 Å². The molecule has 2 aromatic carbocycles. The number of benzene rings is 2. The Kier molecular flexibility index (Phi) is 5.60. The van der Waals surface area contributed by atoms with Crippen molar-refractivity contribution in [1.82, 2.24) is 0 Å². The first-order chi connectivity index (χ1) is 6.45. The van der Waals surface area contributed by atoms with E-state index in [4.69, 9.17) is 0 Å². The van der Waals surface area contributed by atoms with Gasteiger partial charge in [0, 0.05) is 0 Å². The fraction of sp³-hybridized carbons (Fsp3) is 0.0769. The summed E-state index contributed by atoms with van der Waals surface area (Å²) in [4.78, 5) is 0. The molecule has 0 spiro atoms. The van der Waals surface area contributed by atoms with Crippen LogP contribution in [0.5, 0.6) is 0 Å². The molecular formula is C13H14Ba. The van der Waals surface area contributed by atoms with Crippen LogP contribution in [0.4, 0.5) is 0 Å². The molecule has 0 heterocycles. The van der Waals surface area contributed by atoms with Gasteiger partial charge in [-0.05, 0) is 17.5 Å². The Bertz CT molecular complexity index is 325. The predicted octanol–water partition coefficient (Wildman–Crippen LogP) is 3.12. The quantitative estimate of drug-likeness (QED) is 0.748. The Balaban J connectivity index is 0. The summed E-state index contributed by atoms with van der Waals surface area (Å²) >= 11 is 0. The van der Waals surface area contributed by atoms with Crippen molar-refractivity contribution in [2.45, 2.75) is 6.42 Å². The number of hydrogen-bond acceptors (Lipinski definition) is 0. The van der Waals surface area contributed by atoms with E-state index in [0.29, 0.717) is 0 Å². The SMILES string of the molecule is [Ba+2].[H-].[H-].c1ccc(Cc2ccccc2)cc1. The van der Waals surface area contributed by atoms with Crippen molar-refractivity contribution < 1.29 is 2.85 Å². The smallest absolute Gasteiger partial charge is 1.00 e. The fourth-order valence-electron chi connectivity index (χ4n) is 1.43. The van der Waals surface area contributed by atoms with Crippen molar-refractivity contribution in [3.63, 3.8) is 0 Å². The maximum atomic E-state index is 2.16. The van der Waals surface area contributed by atoms with E-state index < -0.39 is 0 Å². The topological polar surface area (TPSA) is 0 Å². The summed E-state index contributed by atoms with van der Waals surface area (Å²) in [6.07, 6.45) is 1.03. The van der Waals surface area contributed by atoms with E-state index in [1.165, 1.54) is 11.1 Å². The minimum absolute atomic E-state index is 0. The van der Waals surface area contributed by atoms with Crippen LogP contribution in [0.2, 0.25) is 0 Å². The molecule has 14 heavy (non-hydrogen) atoms. The van der Waals surface area contributed by atoms with Crippen molar-refractivity contribution in [2.75, 3.05) is 0 Å². The van der Waals surface area contributed by atoms with Crippen LogP contribution in [-0.2, 0) is 6.42 Å². The predicted molar refractivity (Wildman–Crippen MR) is 63.7 cm³/mol. The van der Waals surface area contributed by atoms with Crippen molar-refractivity contribution in [1.29, 1.82) is 0 Å². The van der Waals surface area contributed by atoms with E-state index in [1.54, 1.807) is 0 Å². The summed E-state index contributed by atoms with van der Waals surface area (Å²) in [6, 6.07) is 21.1. The third-order valence-corrected chi connectivity index (χ3v) is 2.09. The van der Waals surface area contributed by atoms with Gasteiger partial charge in [0.05, 0.1) is 0 Å². The Morgan fingerprint density at radius 2 is 1.00 bits per heavy atom. The molecule has 0 radical (unpaired) electrons. The second-order valence-corrected chi connectivity index (χ2v) is 3.15. The van der Waals surface area contributed by atoms with Gasteiger partial charge in [-0.25, -0.2) is 0 Å². The van der Waals surface area contributed by atoms with E-state index in [9.17, 15) is 0 Å². The Morgan fingerprint density at radius 1 is 0.643 bits per heavy atom. The first-order valence-electron chi connectivity index (χ1n) is 4.53. The molecule has 68 valence electrons. The molecule has 0 aromatic heterocycles. The summed E-state index contributed by atoms with van der Waals surface area (Å²) in [5.74, 6) is 0. The van der Waals surface area contributed by atoms with Crippen molar-refractivity contribution in [3.05, 3.63) is 71.8 Å². The van der Waals surface area contributed by atoms with E-state index in [-0.39, 0.29) is 51.7 Å². The third-order valence-electron chi connectivity index (χ3n) is 2.09. The first kappa shape index (κ1) is 12.1. The third kappa shape index (κ3) is 3.64. The summed E-state index contributed by atoms with van der Waals surface area (Å²) in [5, 5.41) is 0. The monoisotopic (exact) mass is 308 g/mol. The Morgan fingerprint density at radius 3 is 1.36 bits per heavy atom. The van der Waals surface area contributed by atoms with Gasteiger partial charge in [-0.3, -0.25) is 0 Å². The second-order valence-electron chi connectivity index (χ2n) is 3.15. The van der Waals surface area contributed by atoms with Crippen LogP contribution in [0.15, 0.2) is 60.7 Å². The van der Waals surface area contributed by atoms with Crippen LogP contribution in [0.25, 0.3) is 0 Å². The largest absolute Gasteiger partial charge is 2.00 e. The Hall–Kier alpha value is 0.0114. The zero-order valence-corrected chi connectivity index (χ0v) is 12.6. The van der Waals surface area contributed by atoms with Gasteiger partial charge in [-0.1, -0.05) is 60.7 Å². The summed E-state index contributed by atoms with van der Waals surface area (Å²) in [5.41, 5.74) is 2.74. The van der Waals surface area contributed by atoms with Gasteiger partial charge < -0.3 is 2.85 Å². The number of rotatable bonds is 2. The molecule has 0 bridgehead atoms. The van der Waals surface area contributed by atoms with Gasteiger partial charge in [0.15, 0.2) is 0 Å². The minimum Gasteiger partial charge on any atom is -1.00 e. The van der Waals surface area contributed by atoms with Gasteiger partial charge >= 0.3 is 48.9 Å². The second kappa shape index (κ2) is 6.49. The molecule has 0 unspecified atom stereocenters. The maximum absolute atomic E-state index is 2.16. The summed E-state index contributed by atoms with van der Waals surface area (Å²) < 4.78 is 0. The van der Waals surface area contributed by atoms with Gasteiger partial charge in [-0.15, -0.1) is 0 Å². The average molecular weight is 308 g/mol. The average Bonchev–Trinajstić information content (AvgIpc) is 2.21. The fourth-order valence-corrected chi connectivity index (χ4v) is 1.43. The molecular weight excluding hydrogens is 293 g/mol. The molecule has 0 atom stereocenters. The maximum Gasteiger partial charge on any atom is 2.00 e. The molecule has 2 aromatic rings. The molecule has 0 amide bonds. The molecule has 2 rings (SSSR count). The molecule has 1 heteroatoms. The van der Waals surface area contributed by atoms with E-state index >= 15 is 0 Å². The van der Waals surface area contributed by atoms with Crippen molar-refractivity contribution >= 4 is 48.9 Å². The Labute approximate surface area is 128 Å². The van der Waals surface area contributed by atoms with Gasteiger partial charge in [0.25, 0.3) is 0 Å². The van der Waals surface area contributed by atoms with Crippen LogP contribution >= 0.6 is 0 Å². The zero-order chi connectivity index (χ0) is 8.93. The minimum atomic E-state index is 0. The van der Waals surface area contributed by atoms with Crippen LogP contribution in [0.3, 0.4) is 0 Å². The van der Waals surface area contributed by atoms with E-state index in [2.05, 4.69) is 60.7 Å². The summed E-state index contributed by atoms with van der Waals surface area (Å²) in [6.45, 7) is 0. The molecule has 0 N–H and O–H groups in total. The molecule has 0 saturated heterocycles. The molecule has 0 aliphatic rings. The van der Waals surface area contributed by atoms with E-state index in [0.717, 1.165) is 6.42 Å². The van der Waals surface area contributed by atoms with Crippen LogP contribution in [0.1, 0.15) is 14.0 Å². The standard InChI is InChI=1S/C13H12.Ba.2H/c1-3-7-12(8-4-1)11-13-9-5-2-6-10-13;;;/h1-10H,11H2;;;/q;+2;2*-1. The normalized spacial score (nSPS) is 9.14. The molecule has 0 saturated carbocycles. The number of hydrogen-bond donors (Lipinski definition) is 0. The zero-order valence-electron chi connectivity index (χ0n) is 10.2. The molecule has 0 nitrogen and oxygen atoms in total. The van der Waals surface area contributed by atoms with Gasteiger partial charge in [-0.2, -0.15) is 0 Å². The van der Waals surface area contributed by atoms with Crippen LogP contribution in [-0.4, -0.2) is 48.9 Å². The molecule has 0 aliphatic carbocycles. The first-order valence-corrected chi connectivity index (χ1v) is 4.53. The summed E-state index contributed by atoms with van der Waals surface area (Å²) in [7, 11) is 0. The van der Waals surface area contributed by atoms with Crippen LogP contribution < -0.4 is 0 Å². The van der Waals surface area contributed by atoms with Gasteiger partial charge in [0.1, 0.15) is 0 Å². The molecule has 0 fully saturated rings. The van der Waals surface area contributed by atoms with Crippen molar-refractivity contribution in [3.8, 4) is 0 Å².